The quantitative estimate of drug-likeness (QED) is 0.530. The number of ether oxygens (including phenoxy) is 3. The molecule has 0 radical (unpaired) electrons. The minimum atomic E-state index is -1.62. The van der Waals surface area contributed by atoms with Crippen molar-refractivity contribution in [2.75, 3.05) is 27.4 Å². The Morgan fingerprint density at radius 3 is 2.55 bits per heavy atom. The van der Waals surface area contributed by atoms with Gasteiger partial charge in [0.1, 0.15) is 12.4 Å². The van der Waals surface area contributed by atoms with Crippen molar-refractivity contribution in [2.45, 2.75) is 24.9 Å². The maximum Gasteiger partial charge on any atom is 0.340 e. The largest absolute Gasteiger partial charge is 0.497 e. The zero-order chi connectivity index (χ0) is 16.4. The van der Waals surface area contributed by atoms with Gasteiger partial charge in [-0.2, -0.15) is 0 Å². The lowest BCUT2D eigenvalue weighted by molar-refractivity contribution is -0.170. The number of carbonyl (C=O) groups excluding carboxylic acids is 1. The Labute approximate surface area is 131 Å². The summed E-state index contributed by atoms with van der Waals surface area (Å²) in [4.78, 5) is 11.9. The Morgan fingerprint density at radius 2 is 2.00 bits per heavy atom. The molecule has 5 nitrogen and oxygen atoms in total. The fraction of sp³-hybridized carbons (Fsp3) is 0.471. The summed E-state index contributed by atoms with van der Waals surface area (Å²) in [6, 6.07) is 7.69. The fourth-order valence-electron chi connectivity index (χ4n) is 2.12. The molecular formula is C17H24O5. The van der Waals surface area contributed by atoms with Gasteiger partial charge in [-0.05, 0) is 37.0 Å². The van der Waals surface area contributed by atoms with Crippen molar-refractivity contribution in [2.24, 2.45) is 0 Å². The molecule has 0 aliphatic rings. The van der Waals surface area contributed by atoms with Crippen molar-refractivity contribution in [1.29, 1.82) is 0 Å². The van der Waals surface area contributed by atoms with Crippen LogP contribution in [0.15, 0.2) is 36.9 Å². The SMILES string of the molecule is C=CCOC(=O)C(O)(CCCc1ccc(OC)cc1)COC. The van der Waals surface area contributed by atoms with Gasteiger partial charge in [-0.25, -0.2) is 4.79 Å². The maximum atomic E-state index is 11.9. The predicted molar refractivity (Wildman–Crippen MR) is 83.9 cm³/mol. The predicted octanol–water partition coefficient (Wildman–Crippen LogP) is 2.12. The van der Waals surface area contributed by atoms with Gasteiger partial charge in [-0.15, -0.1) is 0 Å². The Bertz CT molecular complexity index is 468. The normalized spacial score (nSPS) is 13.2. The van der Waals surface area contributed by atoms with E-state index in [0.29, 0.717) is 6.42 Å². The van der Waals surface area contributed by atoms with E-state index in [4.69, 9.17) is 14.2 Å². The highest BCUT2D eigenvalue weighted by molar-refractivity contribution is 5.79. The van der Waals surface area contributed by atoms with E-state index in [2.05, 4.69) is 6.58 Å². The first-order valence-corrected chi connectivity index (χ1v) is 7.18. The van der Waals surface area contributed by atoms with Crippen molar-refractivity contribution in [3.8, 4) is 5.75 Å². The average molecular weight is 308 g/mol. The summed E-state index contributed by atoms with van der Waals surface area (Å²) in [6.07, 6.45) is 3.10. The van der Waals surface area contributed by atoms with Gasteiger partial charge >= 0.3 is 5.97 Å². The van der Waals surface area contributed by atoms with Crippen LogP contribution in [-0.4, -0.2) is 44.1 Å². The van der Waals surface area contributed by atoms with E-state index in [0.717, 1.165) is 17.7 Å². The number of methoxy groups -OCH3 is 2. The van der Waals surface area contributed by atoms with Crippen LogP contribution in [0.5, 0.6) is 5.75 Å². The second-order valence-electron chi connectivity index (χ2n) is 5.05. The molecule has 0 aromatic heterocycles. The molecular weight excluding hydrogens is 284 g/mol. The Morgan fingerprint density at radius 1 is 1.32 bits per heavy atom. The van der Waals surface area contributed by atoms with Crippen molar-refractivity contribution in [3.05, 3.63) is 42.5 Å². The monoisotopic (exact) mass is 308 g/mol. The molecule has 22 heavy (non-hydrogen) atoms. The molecule has 0 heterocycles. The van der Waals surface area contributed by atoms with E-state index < -0.39 is 11.6 Å². The van der Waals surface area contributed by atoms with Gasteiger partial charge < -0.3 is 19.3 Å². The molecule has 1 rings (SSSR count). The minimum absolute atomic E-state index is 0.0728. The van der Waals surface area contributed by atoms with Gasteiger partial charge in [0.25, 0.3) is 0 Å². The minimum Gasteiger partial charge on any atom is -0.497 e. The second kappa shape index (κ2) is 9.23. The summed E-state index contributed by atoms with van der Waals surface area (Å²) in [7, 11) is 3.06. The molecule has 122 valence electrons. The third-order valence-electron chi connectivity index (χ3n) is 3.31. The molecule has 1 atom stereocenters. The fourth-order valence-corrected chi connectivity index (χ4v) is 2.12. The van der Waals surface area contributed by atoms with Crippen molar-refractivity contribution in [1.82, 2.24) is 0 Å². The molecule has 1 N–H and O–H groups in total. The highest BCUT2D eigenvalue weighted by Gasteiger charge is 2.37. The van der Waals surface area contributed by atoms with Crippen LogP contribution in [0.25, 0.3) is 0 Å². The number of aryl methyl sites for hydroxylation is 1. The molecule has 0 aliphatic carbocycles. The first-order valence-electron chi connectivity index (χ1n) is 7.18. The number of carbonyl (C=O) groups is 1. The van der Waals surface area contributed by atoms with Crippen molar-refractivity contribution < 1.29 is 24.1 Å². The number of hydrogen-bond acceptors (Lipinski definition) is 5. The van der Waals surface area contributed by atoms with Crippen molar-refractivity contribution in [3.63, 3.8) is 0 Å². The molecule has 0 aliphatic heterocycles. The van der Waals surface area contributed by atoms with Crippen LogP contribution in [0.4, 0.5) is 0 Å². The number of esters is 1. The molecule has 1 aromatic carbocycles. The molecule has 0 saturated heterocycles. The lowest BCUT2D eigenvalue weighted by Gasteiger charge is -2.24. The van der Waals surface area contributed by atoms with Crippen LogP contribution in [0.2, 0.25) is 0 Å². The van der Waals surface area contributed by atoms with Crippen molar-refractivity contribution >= 4 is 5.97 Å². The van der Waals surface area contributed by atoms with E-state index in [-0.39, 0.29) is 19.6 Å². The van der Waals surface area contributed by atoms with Gasteiger partial charge in [0, 0.05) is 7.11 Å². The summed E-state index contributed by atoms with van der Waals surface area (Å²) in [5, 5.41) is 10.4. The van der Waals surface area contributed by atoms with Gasteiger partial charge in [0.05, 0.1) is 13.7 Å². The van der Waals surface area contributed by atoms with Crippen LogP contribution >= 0.6 is 0 Å². The van der Waals surface area contributed by atoms with E-state index in [1.54, 1.807) is 7.11 Å². The Balaban J connectivity index is 2.55. The van der Waals surface area contributed by atoms with E-state index >= 15 is 0 Å². The number of rotatable bonds is 10. The molecule has 0 amide bonds. The second-order valence-corrected chi connectivity index (χ2v) is 5.05. The number of aliphatic hydroxyl groups is 1. The lowest BCUT2D eigenvalue weighted by Crippen LogP contribution is -2.44. The molecule has 0 saturated carbocycles. The third-order valence-corrected chi connectivity index (χ3v) is 3.31. The topological polar surface area (TPSA) is 65.0 Å². The van der Waals surface area contributed by atoms with Crippen LogP contribution in [0.3, 0.4) is 0 Å². The Hall–Kier alpha value is -1.85. The lowest BCUT2D eigenvalue weighted by atomic mass is 9.96. The smallest absolute Gasteiger partial charge is 0.340 e. The third kappa shape index (κ3) is 5.50. The zero-order valence-electron chi connectivity index (χ0n) is 13.2. The van der Waals surface area contributed by atoms with Gasteiger partial charge in [0.2, 0.25) is 0 Å². The van der Waals surface area contributed by atoms with Gasteiger partial charge in [-0.3, -0.25) is 0 Å². The summed E-state index contributed by atoms with van der Waals surface area (Å²) >= 11 is 0. The first kappa shape index (κ1) is 18.2. The van der Waals surface area contributed by atoms with E-state index in [9.17, 15) is 9.90 Å². The average Bonchev–Trinajstić information content (AvgIpc) is 2.53. The van der Waals surface area contributed by atoms with Crippen LogP contribution < -0.4 is 4.74 Å². The highest BCUT2D eigenvalue weighted by Crippen LogP contribution is 2.19. The summed E-state index contributed by atoms with van der Waals surface area (Å²) < 4.78 is 15.0. The van der Waals surface area contributed by atoms with E-state index in [1.165, 1.54) is 13.2 Å². The molecule has 0 spiro atoms. The first-order chi connectivity index (χ1) is 10.6. The zero-order valence-corrected chi connectivity index (χ0v) is 13.2. The molecule has 5 heteroatoms. The molecule has 1 aromatic rings. The highest BCUT2D eigenvalue weighted by atomic mass is 16.6. The Kier molecular flexibility index (Phi) is 7.63. The molecule has 0 fully saturated rings. The standard InChI is InChI=1S/C17H24O5/c1-4-12-22-16(18)17(19,13-20-2)11-5-6-14-7-9-15(21-3)10-8-14/h4,7-10,19H,1,5-6,11-13H2,2-3H3. The summed E-state index contributed by atoms with van der Waals surface area (Å²) in [6.45, 7) is 3.46. The maximum absolute atomic E-state index is 11.9. The summed E-state index contributed by atoms with van der Waals surface area (Å²) in [5.74, 6) is 0.122. The van der Waals surface area contributed by atoms with E-state index in [1.807, 2.05) is 24.3 Å². The number of benzene rings is 1. The summed E-state index contributed by atoms with van der Waals surface area (Å²) in [5.41, 5.74) is -0.510. The molecule has 0 bridgehead atoms. The van der Waals surface area contributed by atoms with Crippen LogP contribution in [0, 0.1) is 0 Å². The van der Waals surface area contributed by atoms with Crippen LogP contribution in [0.1, 0.15) is 18.4 Å². The van der Waals surface area contributed by atoms with Gasteiger partial charge in [-0.1, -0.05) is 24.8 Å². The molecule has 1 unspecified atom stereocenters. The van der Waals surface area contributed by atoms with Gasteiger partial charge in [0.15, 0.2) is 5.60 Å². The number of hydrogen-bond donors (Lipinski definition) is 1. The van der Waals surface area contributed by atoms with Crippen LogP contribution in [-0.2, 0) is 20.7 Å².